The maximum absolute atomic E-state index is 12.3. The molecule has 1 aliphatic rings. The van der Waals surface area contributed by atoms with E-state index in [4.69, 9.17) is 4.74 Å². The molecule has 0 heterocycles. The van der Waals surface area contributed by atoms with Crippen LogP contribution < -0.4 is 0 Å². The highest BCUT2D eigenvalue weighted by Gasteiger charge is 2.29. The Morgan fingerprint density at radius 2 is 1.48 bits per heavy atom. The SMILES string of the molecule is O=C(O[C@@H]1CCCC[C@H]1c1ccccc1)c1ccccc1. The summed E-state index contributed by atoms with van der Waals surface area (Å²) in [6.45, 7) is 0. The van der Waals surface area contributed by atoms with Crippen LogP contribution in [0.15, 0.2) is 60.7 Å². The normalized spacial score (nSPS) is 21.7. The van der Waals surface area contributed by atoms with Crippen molar-refractivity contribution >= 4 is 5.97 Å². The molecule has 1 fully saturated rings. The second-order valence-corrected chi connectivity index (χ2v) is 5.61. The summed E-state index contributed by atoms with van der Waals surface area (Å²) in [5.41, 5.74) is 1.91. The van der Waals surface area contributed by atoms with Crippen molar-refractivity contribution in [2.24, 2.45) is 0 Å². The zero-order valence-electron chi connectivity index (χ0n) is 12.1. The minimum atomic E-state index is -0.205. The van der Waals surface area contributed by atoms with Crippen LogP contribution in [0.2, 0.25) is 0 Å². The van der Waals surface area contributed by atoms with Crippen molar-refractivity contribution in [2.45, 2.75) is 37.7 Å². The van der Waals surface area contributed by atoms with Crippen LogP contribution in [0.25, 0.3) is 0 Å². The van der Waals surface area contributed by atoms with Crippen LogP contribution in [0.1, 0.15) is 47.5 Å². The molecule has 21 heavy (non-hydrogen) atoms. The predicted molar refractivity (Wildman–Crippen MR) is 83.3 cm³/mol. The van der Waals surface area contributed by atoms with Crippen LogP contribution in [-0.2, 0) is 4.74 Å². The summed E-state index contributed by atoms with van der Waals surface area (Å²) in [6, 6.07) is 19.7. The summed E-state index contributed by atoms with van der Waals surface area (Å²) in [5.74, 6) is 0.121. The monoisotopic (exact) mass is 280 g/mol. The Bertz CT molecular complexity index is 577. The van der Waals surface area contributed by atoms with Crippen molar-refractivity contribution in [2.75, 3.05) is 0 Å². The lowest BCUT2D eigenvalue weighted by Crippen LogP contribution is -2.28. The number of hydrogen-bond acceptors (Lipinski definition) is 2. The Hall–Kier alpha value is -2.09. The number of ether oxygens (including phenoxy) is 1. The first-order valence-electron chi connectivity index (χ1n) is 7.65. The van der Waals surface area contributed by atoms with Crippen LogP contribution in [-0.4, -0.2) is 12.1 Å². The maximum atomic E-state index is 12.3. The lowest BCUT2D eigenvalue weighted by molar-refractivity contribution is 0.0142. The molecule has 0 aromatic heterocycles. The summed E-state index contributed by atoms with van der Waals surface area (Å²) in [4.78, 5) is 12.3. The van der Waals surface area contributed by atoms with Crippen molar-refractivity contribution in [1.29, 1.82) is 0 Å². The van der Waals surface area contributed by atoms with Crippen molar-refractivity contribution < 1.29 is 9.53 Å². The van der Waals surface area contributed by atoms with Crippen molar-refractivity contribution in [1.82, 2.24) is 0 Å². The number of carbonyl (C=O) groups excluding carboxylic acids is 1. The molecule has 1 saturated carbocycles. The van der Waals surface area contributed by atoms with Gasteiger partial charge in [-0.25, -0.2) is 4.79 Å². The van der Waals surface area contributed by atoms with Gasteiger partial charge in [0.2, 0.25) is 0 Å². The predicted octanol–water partition coefficient (Wildman–Crippen LogP) is 4.57. The highest BCUT2D eigenvalue weighted by atomic mass is 16.5. The van der Waals surface area contributed by atoms with E-state index >= 15 is 0 Å². The summed E-state index contributed by atoms with van der Waals surface area (Å²) in [6.07, 6.45) is 4.39. The molecule has 108 valence electrons. The average Bonchev–Trinajstić information content (AvgIpc) is 2.57. The molecule has 1 aliphatic carbocycles. The Morgan fingerprint density at radius 1 is 0.857 bits per heavy atom. The number of benzene rings is 2. The van der Waals surface area contributed by atoms with Crippen molar-refractivity contribution in [3.05, 3.63) is 71.8 Å². The van der Waals surface area contributed by atoms with E-state index in [9.17, 15) is 4.79 Å². The summed E-state index contributed by atoms with van der Waals surface area (Å²) in [5, 5.41) is 0. The van der Waals surface area contributed by atoms with E-state index in [1.54, 1.807) is 0 Å². The first-order chi connectivity index (χ1) is 10.3. The molecule has 3 rings (SSSR count). The quantitative estimate of drug-likeness (QED) is 0.770. The molecule has 0 radical (unpaired) electrons. The molecular formula is C19H20O2. The number of esters is 1. The van der Waals surface area contributed by atoms with Gasteiger partial charge in [0, 0.05) is 5.92 Å². The molecule has 0 N–H and O–H groups in total. The Labute approximate surface area is 125 Å². The van der Waals surface area contributed by atoms with Crippen molar-refractivity contribution in [3.8, 4) is 0 Å². The molecule has 2 aromatic carbocycles. The van der Waals surface area contributed by atoms with E-state index in [2.05, 4.69) is 24.3 Å². The summed E-state index contributed by atoms with van der Waals surface area (Å²) < 4.78 is 5.81. The summed E-state index contributed by atoms with van der Waals surface area (Å²) >= 11 is 0. The molecule has 0 amide bonds. The van der Waals surface area contributed by atoms with E-state index in [0.717, 1.165) is 19.3 Å². The van der Waals surface area contributed by atoms with Gasteiger partial charge in [-0.05, 0) is 37.0 Å². The lowest BCUT2D eigenvalue weighted by atomic mass is 9.81. The van der Waals surface area contributed by atoms with Crippen LogP contribution in [0, 0.1) is 0 Å². The largest absolute Gasteiger partial charge is 0.458 e. The number of hydrogen-bond donors (Lipinski definition) is 0. The van der Waals surface area contributed by atoms with Gasteiger partial charge in [-0.1, -0.05) is 55.0 Å². The molecule has 2 atom stereocenters. The molecule has 0 spiro atoms. The highest BCUT2D eigenvalue weighted by Crippen LogP contribution is 2.35. The molecule has 2 nitrogen and oxygen atoms in total. The third-order valence-corrected chi connectivity index (χ3v) is 4.20. The van der Waals surface area contributed by atoms with Gasteiger partial charge in [0.05, 0.1) is 5.56 Å². The van der Waals surface area contributed by atoms with Gasteiger partial charge in [-0.2, -0.15) is 0 Å². The molecule has 0 aliphatic heterocycles. The molecular weight excluding hydrogens is 260 g/mol. The van der Waals surface area contributed by atoms with Gasteiger partial charge in [0.1, 0.15) is 6.10 Å². The molecule has 2 heteroatoms. The molecule has 0 bridgehead atoms. The molecule has 2 aromatic rings. The lowest BCUT2D eigenvalue weighted by Gasteiger charge is -2.31. The van der Waals surface area contributed by atoms with Gasteiger partial charge >= 0.3 is 5.97 Å². The average molecular weight is 280 g/mol. The fraction of sp³-hybridized carbons (Fsp3) is 0.316. The van der Waals surface area contributed by atoms with Crippen LogP contribution >= 0.6 is 0 Å². The van der Waals surface area contributed by atoms with Crippen LogP contribution in [0.3, 0.4) is 0 Å². The van der Waals surface area contributed by atoms with Crippen LogP contribution in [0.5, 0.6) is 0 Å². The number of rotatable bonds is 3. The first kappa shape index (κ1) is 13.9. The van der Waals surface area contributed by atoms with E-state index in [-0.39, 0.29) is 12.1 Å². The van der Waals surface area contributed by atoms with Gasteiger partial charge < -0.3 is 4.74 Å². The second-order valence-electron chi connectivity index (χ2n) is 5.61. The molecule has 0 unspecified atom stereocenters. The van der Waals surface area contributed by atoms with Gasteiger partial charge in [-0.15, -0.1) is 0 Å². The highest BCUT2D eigenvalue weighted by molar-refractivity contribution is 5.89. The smallest absolute Gasteiger partial charge is 0.338 e. The Balaban J connectivity index is 1.75. The topological polar surface area (TPSA) is 26.3 Å². The van der Waals surface area contributed by atoms with Crippen molar-refractivity contribution in [3.63, 3.8) is 0 Å². The van der Waals surface area contributed by atoms with Gasteiger partial charge in [0.25, 0.3) is 0 Å². The first-order valence-corrected chi connectivity index (χ1v) is 7.65. The molecule has 0 saturated heterocycles. The second kappa shape index (κ2) is 6.57. The fourth-order valence-electron chi connectivity index (χ4n) is 3.10. The Kier molecular flexibility index (Phi) is 4.34. The zero-order chi connectivity index (χ0) is 14.5. The third kappa shape index (κ3) is 3.33. The third-order valence-electron chi connectivity index (χ3n) is 4.20. The Morgan fingerprint density at radius 3 is 2.19 bits per heavy atom. The van der Waals surface area contributed by atoms with E-state index in [1.165, 1.54) is 12.0 Å². The standard InChI is InChI=1S/C19H20O2/c20-19(16-11-5-2-6-12-16)21-18-14-8-7-13-17(18)15-9-3-1-4-10-15/h1-6,9-12,17-18H,7-8,13-14H2/t17-,18+/m0/s1. The van der Waals surface area contributed by atoms with E-state index in [1.807, 2.05) is 36.4 Å². The van der Waals surface area contributed by atoms with Gasteiger partial charge in [0.15, 0.2) is 0 Å². The maximum Gasteiger partial charge on any atom is 0.338 e. The van der Waals surface area contributed by atoms with E-state index < -0.39 is 0 Å². The van der Waals surface area contributed by atoms with E-state index in [0.29, 0.717) is 11.5 Å². The number of carbonyl (C=O) groups is 1. The minimum Gasteiger partial charge on any atom is -0.458 e. The summed E-state index contributed by atoms with van der Waals surface area (Å²) in [7, 11) is 0. The van der Waals surface area contributed by atoms with Gasteiger partial charge in [-0.3, -0.25) is 0 Å². The zero-order valence-corrected chi connectivity index (χ0v) is 12.1. The van der Waals surface area contributed by atoms with Crippen LogP contribution in [0.4, 0.5) is 0 Å². The minimum absolute atomic E-state index is 0.00569. The fourth-order valence-corrected chi connectivity index (χ4v) is 3.10.